The highest BCUT2D eigenvalue weighted by Crippen LogP contribution is 2.28. The van der Waals surface area contributed by atoms with Crippen molar-refractivity contribution in [3.63, 3.8) is 0 Å². The highest BCUT2D eigenvalue weighted by atomic mass is 16.5. The third kappa shape index (κ3) is 3.72. The van der Waals surface area contributed by atoms with Crippen LogP contribution in [-0.2, 0) is 16.0 Å². The molecule has 2 aliphatic heterocycles. The molecule has 2 heterocycles. The number of nitrogens with one attached hydrogen (secondary N) is 1. The van der Waals surface area contributed by atoms with Crippen molar-refractivity contribution in [3.05, 3.63) is 29.8 Å². The number of anilines is 1. The zero-order chi connectivity index (χ0) is 17.9. The van der Waals surface area contributed by atoms with Gasteiger partial charge in [-0.2, -0.15) is 0 Å². The summed E-state index contributed by atoms with van der Waals surface area (Å²) in [6.45, 7) is 4.93. The average molecular weight is 359 g/mol. The quantitative estimate of drug-likeness (QED) is 0.813. The summed E-state index contributed by atoms with van der Waals surface area (Å²) in [5, 5.41) is 13.7. The van der Waals surface area contributed by atoms with Gasteiger partial charge in [-0.05, 0) is 30.9 Å². The van der Waals surface area contributed by atoms with E-state index in [-0.39, 0.29) is 18.0 Å². The van der Waals surface area contributed by atoms with E-state index >= 15 is 0 Å². The largest absolute Gasteiger partial charge is 0.389 e. The van der Waals surface area contributed by atoms with E-state index in [9.17, 15) is 9.90 Å². The van der Waals surface area contributed by atoms with Gasteiger partial charge in [-0.3, -0.25) is 9.69 Å². The first-order valence-electron chi connectivity index (χ1n) is 9.84. The van der Waals surface area contributed by atoms with Gasteiger partial charge >= 0.3 is 0 Å². The molecule has 2 N–H and O–H groups in total. The number of para-hydroxylation sites is 1. The molecule has 1 amide bonds. The second kappa shape index (κ2) is 7.94. The number of carbonyl (C=O) groups is 1. The van der Waals surface area contributed by atoms with E-state index in [4.69, 9.17) is 4.74 Å². The number of hydrogen-bond acceptors (Lipinski definition) is 5. The number of aliphatic hydroxyl groups excluding tert-OH is 1. The third-order valence-electron chi connectivity index (χ3n) is 6.03. The van der Waals surface area contributed by atoms with E-state index in [2.05, 4.69) is 39.4 Å². The smallest absolute Gasteiger partial charge is 0.222 e. The molecule has 1 aromatic rings. The van der Waals surface area contributed by atoms with Crippen molar-refractivity contribution < 1.29 is 14.6 Å². The maximum Gasteiger partial charge on any atom is 0.222 e. The fourth-order valence-electron chi connectivity index (χ4n) is 4.58. The minimum Gasteiger partial charge on any atom is -0.389 e. The number of ether oxygens (including phenoxy) is 1. The van der Waals surface area contributed by atoms with Crippen molar-refractivity contribution in [2.24, 2.45) is 0 Å². The molecule has 26 heavy (non-hydrogen) atoms. The molecule has 0 bridgehead atoms. The predicted octanol–water partition coefficient (Wildman–Crippen LogP) is 0.780. The molecule has 0 unspecified atom stereocenters. The number of morpholine rings is 1. The van der Waals surface area contributed by atoms with Crippen LogP contribution in [0.15, 0.2) is 24.3 Å². The molecule has 3 atom stereocenters. The van der Waals surface area contributed by atoms with E-state index in [0.29, 0.717) is 6.42 Å². The Hall–Kier alpha value is -1.63. The third-order valence-corrected chi connectivity index (χ3v) is 6.03. The number of nitrogens with zero attached hydrogens (tertiary/aromatic N) is 2. The molecule has 0 radical (unpaired) electrons. The summed E-state index contributed by atoms with van der Waals surface area (Å²) in [6, 6.07) is 8.44. The lowest BCUT2D eigenvalue weighted by molar-refractivity contribution is -0.122. The minimum absolute atomic E-state index is 0.0426. The molecular formula is C20H29N3O3. The van der Waals surface area contributed by atoms with Crippen LogP contribution in [0.1, 0.15) is 24.8 Å². The van der Waals surface area contributed by atoms with Crippen molar-refractivity contribution in [2.45, 2.75) is 43.9 Å². The second-order valence-corrected chi connectivity index (χ2v) is 7.57. The van der Waals surface area contributed by atoms with Crippen LogP contribution in [0.4, 0.5) is 5.69 Å². The van der Waals surface area contributed by atoms with Gasteiger partial charge < -0.3 is 20.1 Å². The molecule has 3 aliphatic rings. The van der Waals surface area contributed by atoms with Gasteiger partial charge in [-0.15, -0.1) is 0 Å². The van der Waals surface area contributed by atoms with Crippen LogP contribution < -0.4 is 10.2 Å². The SMILES string of the molecule is O=C(CCN1CCc2ccccc21)N[C@@H]1CC[C@@H](N2CCOCC2)[C@@H]1O. The van der Waals surface area contributed by atoms with Gasteiger partial charge in [-0.1, -0.05) is 18.2 Å². The number of benzene rings is 1. The van der Waals surface area contributed by atoms with E-state index in [0.717, 1.165) is 58.7 Å². The van der Waals surface area contributed by atoms with Crippen molar-refractivity contribution in [1.29, 1.82) is 0 Å². The van der Waals surface area contributed by atoms with Crippen LogP contribution in [0, 0.1) is 0 Å². The Bertz CT molecular complexity index is 632. The van der Waals surface area contributed by atoms with Gasteiger partial charge in [0.2, 0.25) is 5.91 Å². The molecule has 0 spiro atoms. The van der Waals surface area contributed by atoms with Crippen molar-refractivity contribution in [1.82, 2.24) is 10.2 Å². The Morgan fingerprint density at radius 2 is 2.00 bits per heavy atom. The Morgan fingerprint density at radius 3 is 2.85 bits per heavy atom. The zero-order valence-corrected chi connectivity index (χ0v) is 15.3. The molecule has 1 saturated carbocycles. The summed E-state index contributed by atoms with van der Waals surface area (Å²) in [6.07, 6.45) is 2.83. The van der Waals surface area contributed by atoms with Crippen LogP contribution in [0.25, 0.3) is 0 Å². The highest BCUT2D eigenvalue weighted by Gasteiger charge is 2.39. The number of amides is 1. The molecular weight excluding hydrogens is 330 g/mol. The van der Waals surface area contributed by atoms with Gasteiger partial charge in [0.05, 0.1) is 25.4 Å². The van der Waals surface area contributed by atoms with Crippen molar-refractivity contribution in [3.8, 4) is 0 Å². The van der Waals surface area contributed by atoms with Crippen molar-refractivity contribution >= 4 is 11.6 Å². The van der Waals surface area contributed by atoms with Crippen LogP contribution in [0.2, 0.25) is 0 Å². The summed E-state index contributed by atoms with van der Waals surface area (Å²) in [5.74, 6) is 0.0426. The lowest BCUT2D eigenvalue weighted by Crippen LogP contribution is -2.51. The van der Waals surface area contributed by atoms with Gasteiger partial charge in [0.25, 0.3) is 0 Å². The normalized spacial score (nSPS) is 29.0. The topological polar surface area (TPSA) is 65.0 Å². The zero-order valence-electron chi connectivity index (χ0n) is 15.3. The second-order valence-electron chi connectivity index (χ2n) is 7.57. The summed E-state index contributed by atoms with van der Waals surface area (Å²) in [4.78, 5) is 17.0. The Labute approximate surface area is 155 Å². The lowest BCUT2D eigenvalue weighted by Gasteiger charge is -2.34. The van der Waals surface area contributed by atoms with Crippen LogP contribution in [-0.4, -0.2) is 73.5 Å². The fourth-order valence-corrected chi connectivity index (χ4v) is 4.58. The first-order valence-corrected chi connectivity index (χ1v) is 9.84. The first-order chi connectivity index (χ1) is 12.7. The standard InChI is InChI=1S/C20H29N3O3/c24-19(8-10-22-9-7-15-3-1-2-4-17(15)22)21-16-5-6-18(20(16)25)23-11-13-26-14-12-23/h1-4,16,18,20,25H,5-14H2,(H,21,24)/t16-,18-,20-/m1/s1. The first kappa shape index (κ1) is 17.8. The number of rotatable bonds is 5. The van der Waals surface area contributed by atoms with E-state index < -0.39 is 6.10 Å². The van der Waals surface area contributed by atoms with Crippen LogP contribution >= 0.6 is 0 Å². The van der Waals surface area contributed by atoms with Crippen molar-refractivity contribution in [2.75, 3.05) is 44.3 Å². The van der Waals surface area contributed by atoms with Crippen LogP contribution in [0.5, 0.6) is 0 Å². The van der Waals surface area contributed by atoms with Crippen LogP contribution in [0.3, 0.4) is 0 Å². The molecule has 142 valence electrons. The summed E-state index contributed by atoms with van der Waals surface area (Å²) >= 11 is 0. The Morgan fingerprint density at radius 1 is 1.19 bits per heavy atom. The number of aliphatic hydroxyl groups is 1. The summed E-state index contributed by atoms with van der Waals surface area (Å²) in [7, 11) is 0. The summed E-state index contributed by atoms with van der Waals surface area (Å²) in [5.41, 5.74) is 2.63. The number of carbonyl (C=O) groups excluding carboxylic acids is 1. The maximum absolute atomic E-state index is 12.4. The van der Waals surface area contributed by atoms with Gasteiger partial charge in [0, 0.05) is 44.3 Å². The van der Waals surface area contributed by atoms with Gasteiger partial charge in [0.1, 0.15) is 0 Å². The molecule has 2 fully saturated rings. The minimum atomic E-state index is -0.482. The van der Waals surface area contributed by atoms with E-state index in [1.54, 1.807) is 0 Å². The molecule has 1 saturated heterocycles. The molecule has 4 rings (SSSR count). The molecule has 6 nitrogen and oxygen atoms in total. The van der Waals surface area contributed by atoms with Gasteiger partial charge in [-0.25, -0.2) is 0 Å². The lowest BCUT2D eigenvalue weighted by atomic mass is 10.1. The monoisotopic (exact) mass is 359 g/mol. The predicted molar refractivity (Wildman–Crippen MR) is 100 cm³/mol. The fraction of sp³-hybridized carbons (Fsp3) is 0.650. The maximum atomic E-state index is 12.4. The molecule has 1 aromatic carbocycles. The van der Waals surface area contributed by atoms with E-state index in [1.165, 1.54) is 11.3 Å². The molecule has 6 heteroatoms. The Balaban J connectivity index is 1.25. The molecule has 1 aliphatic carbocycles. The number of hydrogen-bond donors (Lipinski definition) is 2. The highest BCUT2D eigenvalue weighted by molar-refractivity contribution is 5.77. The van der Waals surface area contributed by atoms with E-state index in [1.807, 2.05) is 0 Å². The Kier molecular flexibility index (Phi) is 5.43. The number of fused-ring (bicyclic) bond motifs is 1. The average Bonchev–Trinajstić information content (AvgIpc) is 3.25. The summed E-state index contributed by atoms with van der Waals surface area (Å²) < 4.78 is 5.39. The molecule has 0 aromatic heterocycles. The van der Waals surface area contributed by atoms with Gasteiger partial charge in [0.15, 0.2) is 0 Å².